The number of primary amides is 1. The number of aromatic nitrogens is 5. The zero-order valence-corrected chi connectivity index (χ0v) is 15.1. The van der Waals surface area contributed by atoms with Crippen molar-refractivity contribution in [1.82, 2.24) is 24.7 Å². The summed E-state index contributed by atoms with van der Waals surface area (Å²) in [6, 6.07) is 4.99. The number of H-pyrrole nitrogens is 1. The maximum atomic E-state index is 11.6. The van der Waals surface area contributed by atoms with Crippen LogP contribution in [0.15, 0.2) is 18.2 Å². The second kappa shape index (κ2) is 5.97. The van der Waals surface area contributed by atoms with Gasteiger partial charge < -0.3 is 20.6 Å². The normalized spacial score (nSPS) is 11.4. The molecule has 27 heavy (non-hydrogen) atoms. The number of ether oxygens (including phenoxy) is 1. The molecular formula is C18H18N6O3. The summed E-state index contributed by atoms with van der Waals surface area (Å²) < 4.78 is 7.13. The number of aromatic hydroxyl groups is 1. The van der Waals surface area contributed by atoms with Crippen LogP contribution in [0.5, 0.6) is 11.6 Å². The largest absolute Gasteiger partial charge is 0.495 e. The van der Waals surface area contributed by atoms with Gasteiger partial charge in [0.1, 0.15) is 17.1 Å². The van der Waals surface area contributed by atoms with Crippen molar-refractivity contribution < 1.29 is 14.6 Å². The van der Waals surface area contributed by atoms with Crippen molar-refractivity contribution in [3.8, 4) is 23.1 Å². The van der Waals surface area contributed by atoms with Gasteiger partial charge >= 0.3 is 0 Å². The van der Waals surface area contributed by atoms with E-state index in [4.69, 9.17) is 10.5 Å². The molecule has 0 radical (unpaired) electrons. The molecule has 4 rings (SSSR count). The van der Waals surface area contributed by atoms with Crippen LogP contribution >= 0.6 is 0 Å². The number of nitrogens with two attached hydrogens (primary N) is 1. The standard InChI is InChI=1S/C18H18N6O3/c1-4-24-11(5-8(2)23-24)16-21-17-13(18(26)22-16)10-6-9(15(19)25)7-12(27-3)14(10)20-17/h5-7H,4H2,1-3H3,(H2,19,25)(H2,20,21,22,26). The first-order valence-corrected chi connectivity index (χ1v) is 8.38. The van der Waals surface area contributed by atoms with Crippen molar-refractivity contribution in [2.45, 2.75) is 20.4 Å². The Morgan fingerprint density at radius 3 is 2.78 bits per heavy atom. The number of fused-ring (bicyclic) bond motifs is 3. The smallest absolute Gasteiger partial charge is 0.248 e. The molecule has 0 aliphatic heterocycles. The number of methoxy groups -OCH3 is 1. The van der Waals surface area contributed by atoms with E-state index >= 15 is 0 Å². The molecule has 1 aromatic carbocycles. The Morgan fingerprint density at radius 1 is 1.33 bits per heavy atom. The van der Waals surface area contributed by atoms with E-state index < -0.39 is 5.91 Å². The molecule has 0 aliphatic carbocycles. The second-order valence-corrected chi connectivity index (χ2v) is 6.17. The average Bonchev–Trinajstić information content (AvgIpc) is 3.20. The molecule has 138 valence electrons. The lowest BCUT2D eigenvalue weighted by atomic mass is 10.1. The van der Waals surface area contributed by atoms with Gasteiger partial charge in [0, 0.05) is 17.5 Å². The first-order valence-electron chi connectivity index (χ1n) is 8.38. The SMILES string of the molecule is CCn1nc(C)cc1-c1nc(O)c2c(n1)[nH]c1c(OC)cc(C(N)=O)cc12. The fourth-order valence-corrected chi connectivity index (χ4v) is 3.23. The summed E-state index contributed by atoms with van der Waals surface area (Å²) >= 11 is 0. The van der Waals surface area contributed by atoms with E-state index in [9.17, 15) is 9.90 Å². The lowest BCUT2D eigenvalue weighted by Crippen LogP contribution is -2.10. The van der Waals surface area contributed by atoms with Gasteiger partial charge in [-0.15, -0.1) is 0 Å². The quantitative estimate of drug-likeness (QED) is 0.507. The van der Waals surface area contributed by atoms with E-state index in [0.717, 1.165) is 5.69 Å². The highest BCUT2D eigenvalue weighted by Crippen LogP contribution is 2.37. The van der Waals surface area contributed by atoms with Gasteiger partial charge in [0.25, 0.3) is 0 Å². The molecule has 9 heteroatoms. The molecule has 3 heterocycles. The number of rotatable bonds is 4. The Hall–Kier alpha value is -3.62. The number of nitrogens with one attached hydrogen (secondary N) is 1. The minimum absolute atomic E-state index is 0.202. The van der Waals surface area contributed by atoms with Crippen LogP contribution in [0.2, 0.25) is 0 Å². The third kappa shape index (κ3) is 2.55. The maximum absolute atomic E-state index is 11.6. The molecule has 0 fully saturated rings. The van der Waals surface area contributed by atoms with E-state index in [2.05, 4.69) is 20.1 Å². The molecule has 3 aromatic heterocycles. The Labute approximate surface area is 153 Å². The summed E-state index contributed by atoms with van der Waals surface area (Å²) in [6.07, 6.45) is 0. The van der Waals surface area contributed by atoms with Gasteiger partial charge in [0.15, 0.2) is 5.82 Å². The summed E-state index contributed by atoms with van der Waals surface area (Å²) in [5.74, 6) is -0.0203. The van der Waals surface area contributed by atoms with Gasteiger partial charge in [-0.1, -0.05) is 0 Å². The Balaban J connectivity index is 2.03. The molecule has 0 bridgehead atoms. The molecule has 0 spiro atoms. The molecule has 0 unspecified atom stereocenters. The third-order valence-corrected chi connectivity index (χ3v) is 4.44. The van der Waals surface area contributed by atoms with Crippen LogP contribution in [-0.2, 0) is 6.54 Å². The van der Waals surface area contributed by atoms with Crippen LogP contribution in [0, 0.1) is 6.92 Å². The van der Waals surface area contributed by atoms with Crippen LogP contribution in [0.3, 0.4) is 0 Å². The van der Waals surface area contributed by atoms with E-state index in [0.29, 0.717) is 45.7 Å². The number of nitrogens with zero attached hydrogens (tertiary/aromatic N) is 4. The monoisotopic (exact) mass is 366 g/mol. The molecule has 0 aliphatic rings. The zero-order valence-electron chi connectivity index (χ0n) is 15.1. The molecule has 0 saturated heterocycles. The molecule has 4 N–H and O–H groups in total. The zero-order chi connectivity index (χ0) is 19.3. The van der Waals surface area contributed by atoms with E-state index in [1.807, 2.05) is 19.9 Å². The molecule has 4 aromatic rings. The van der Waals surface area contributed by atoms with Crippen molar-refractivity contribution in [3.05, 3.63) is 29.5 Å². The van der Waals surface area contributed by atoms with E-state index in [1.165, 1.54) is 7.11 Å². The van der Waals surface area contributed by atoms with Crippen molar-refractivity contribution in [1.29, 1.82) is 0 Å². The number of amides is 1. The highest BCUT2D eigenvalue weighted by atomic mass is 16.5. The Kier molecular flexibility index (Phi) is 3.72. The number of benzene rings is 1. The molecule has 1 amide bonds. The molecule has 0 atom stereocenters. The first kappa shape index (κ1) is 16.8. The lowest BCUT2D eigenvalue weighted by molar-refractivity contribution is 0.1000. The number of carbonyl (C=O) groups excluding carboxylic acids is 1. The fourth-order valence-electron chi connectivity index (χ4n) is 3.23. The van der Waals surface area contributed by atoms with Gasteiger partial charge in [-0.25, -0.2) is 4.98 Å². The summed E-state index contributed by atoms with van der Waals surface area (Å²) in [5, 5.41) is 16.0. The van der Waals surface area contributed by atoms with Gasteiger partial charge in [-0.2, -0.15) is 10.1 Å². The first-order chi connectivity index (χ1) is 12.9. The summed E-state index contributed by atoms with van der Waals surface area (Å²) in [7, 11) is 1.49. The minimum Gasteiger partial charge on any atom is -0.495 e. The highest BCUT2D eigenvalue weighted by molar-refractivity contribution is 6.13. The van der Waals surface area contributed by atoms with Gasteiger partial charge in [0.2, 0.25) is 11.8 Å². The van der Waals surface area contributed by atoms with Crippen LogP contribution in [0.4, 0.5) is 0 Å². The number of hydrogen-bond acceptors (Lipinski definition) is 6. The predicted molar refractivity (Wildman–Crippen MR) is 99.8 cm³/mol. The van der Waals surface area contributed by atoms with Gasteiger partial charge in [-0.3, -0.25) is 9.48 Å². The highest BCUT2D eigenvalue weighted by Gasteiger charge is 2.20. The lowest BCUT2D eigenvalue weighted by Gasteiger charge is -2.05. The molecular weight excluding hydrogens is 348 g/mol. The van der Waals surface area contributed by atoms with Crippen LogP contribution in [0.25, 0.3) is 33.5 Å². The van der Waals surface area contributed by atoms with Crippen molar-refractivity contribution in [2.24, 2.45) is 5.73 Å². The second-order valence-electron chi connectivity index (χ2n) is 6.17. The molecule has 9 nitrogen and oxygen atoms in total. The van der Waals surface area contributed by atoms with Crippen LogP contribution in [0.1, 0.15) is 23.0 Å². The Morgan fingerprint density at radius 2 is 2.11 bits per heavy atom. The number of aromatic amines is 1. The van der Waals surface area contributed by atoms with Crippen molar-refractivity contribution in [3.63, 3.8) is 0 Å². The minimum atomic E-state index is -0.594. The van der Waals surface area contributed by atoms with Gasteiger partial charge in [0.05, 0.1) is 23.7 Å². The summed E-state index contributed by atoms with van der Waals surface area (Å²) in [4.78, 5) is 23.6. The average molecular weight is 366 g/mol. The van der Waals surface area contributed by atoms with Crippen molar-refractivity contribution >= 4 is 27.8 Å². The number of aryl methyl sites for hydroxylation is 2. The third-order valence-electron chi connectivity index (χ3n) is 4.44. The number of hydrogen-bond donors (Lipinski definition) is 3. The summed E-state index contributed by atoms with van der Waals surface area (Å²) in [5.41, 5.74) is 8.23. The predicted octanol–water partition coefficient (Wildman–Crippen LogP) is 2.12. The van der Waals surface area contributed by atoms with Gasteiger partial charge in [-0.05, 0) is 32.0 Å². The topological polar surface area (TPSA) is 132 Å². The maximum Gasteiger partial charge on any atom is 0.248 e. The molecule has 0 saturated carbocycles. The number of carbonyl (C=O) groups is 1. The van der Waals surface area contributed by atoms with Crippen molar-refractivity contribution in [2.75, 3.05) is 7.11 Å². The van der Waals surface area contributed by atoms with Crippen LogP contribution in [-0.4, -0.2) is 42.9 Å². The fraction of sp³-hybridized carbons (Fsp3) is 0.222. The Bertz CT molecular complexity index is 1210. The van der Waals surface area contributed by atoms with Crippen LogP contribution < -0.4 is 10.5 Å². The van der Waals surface area contributed by atoms with E-state index in [1.54, 1.807) is 16.8 Å². The van der Waals surface area contributed by atoms with E-state index in [-0.39, 0.29) is 11.4 Å². The summed E-state index contributed by atoms with van der Waals surface area (Å²) in [6.45, 7) is 4.49.